The Hall–Kier alpha value is -1.32. The fourth-order valence-corrected chi connectivity index (χ4v) is 4.20. The van der Waals surface area contributed by atoms with Crippen molar-refractivity contribution in [2.45, 2.75) is 24.1 Å². The summed E-state index contributed by atoms with van der Waals surface area (Å²) in [4.78, 5) is 2.25. The predicted molar refractivity (Wildman–Crippen MR) is 81.0 cm³/mol. The van der Waals surface area contributed by atoms with Gasteiger partial charge >= 0.3 is 6.36 Å². The third-order valence-corrected chi connectivity index (χ3v) is 6.15. The number of nitrogens with zero attached hydrogens (tertiary/aromatic N) is 2. The Labute approximate surface area is 139 Å². The Balaban J connectivity index is 1.62. The number of alkyl halides is 3. The summed E-state index contributed by atoms with van der Waals surface area (Å²) < 4.78 is 66.7. The highest BCUT2D eigenvalue weighted by Gasteiger charge is 2.33. The minimum Gasteiger partial charge on any atom is -0.406 e. The molecule has 3 rings (SSSR count). The van der Waals surface area contributed by atoms with E-state index in [1.165, 1.54) is 17.1 Å². The molecule has 2 aliphatic rings. The smallest absolute Gasteiger partial charge is 0.406 e. The van der Waals surface area contributed by atoms with Crippen molar-refractivity contribution in [2.24, 2.45) is 5.92 Å². The second kappa shape index (κ2) is 6.53. The van der Waals surface area contributed by atoms with E-state index in [2.05, 4.69) is 9.64 Å². The van der Waals surface area contributed by atoms with Crippen LogP contribution in [0.3, 0.4) is 0 Å². The molecule has 0 unspecified atom stereocenters. The fraction of sp³-hybridized carbons (Fsp3) is 0.600. The Morgan fingerprint density at radius 2 is 1.62 bits per heavy atom. The van der Waals surface area contributed by atoms with Gasteiger partial charge in [0.15, 0.2) is 0 Å². The van der Waals surface area contributed by atoms with E-state index < -0.39 is 22.1 Å². The topological polar surface area (TPSA) is 49.9 Å². The molecule has 9 heteroatoms. The van der Waals surface area contributed by atoms with Crippen molar-refractivity contribution in [1.29, 1.82) is 0 Å². The van der Waals surface area contributed by atoms with Gasteiger partial charge in [0.2, 0.25) is 10.0 Å². The first-order valence-corrected chi connectivity index (χ1v) is 9.26. The first-order chi connectivity index (χ1) is 11.2. The molecule has 1 aliphatic heterocycles. The molecule has 1 aliphatic carbocycles. The Morgan fingerprint density at radius 1 is 1.04 bits per heavy atom. The van der Waals surface area contributed by atoms with Crippen LogP contribution in [-0.4, -0.2) is 56.7 Å². The maximum absolute atomic E-state index is 12.6. The van der Waals surface area contributed by atoms with Crippen LogP contribution in [-0.2, 0) is 10.0 Å². The van der Waals surface area contributed by atoms with Crippen molar-refractivity contribution in [2.75, 3.05) is 32.7 Å². The van der Waals surface area contributed by atoms with E-state index in [9.17, 15) is 21.6 Å². The van der Waals surface area contributed by atoms with Gasteiger partial charge in [-0.25, -0.2) is 8.42 Å². The lowest BCUT2D eigenvalue weighted by Crippen LogP contribution is -2.49. The number of ether oxygens (including phenoxy) is 1. The zero-order valence-corrected chi connectivity index (χ0v) is 13.8. The molecule has 0 amide bonds. The lowest BCUT2D eigenvalue weighted by molar-refractivity contribution is -0.274. The quantitative estimate of drug-likeness (QED) is 0.805. The zero-order chi connectivity index (χ0) is 17.4. The van der Waals surface area contributed by atoms with Gasteiger partial charge in [0, 0.05) is 32.7 Å². The minimum absolute atomic E-state index is 0.0207. The van der Waals surface area contributed by atoms with Crippen LogP contribution in [0.1, 0.15) is 12.8 Å². The molecule has 0 radical (unpaired) electrons. The minimum atomic E-state index is -4.79. The van der Waals surface area contributed by atoms with Gasteiger partial charge in [0.25, 0.3) is 0 Å². The summed E-state index contributed by atoms with van der Waals surface area (Å²) >= 11 is 0. The van der Waals surface area contributed by atoms with E-state index in [0.717, 1.165) is 36.7 Å². The highest BCUT2D eigenvalue weighted by atomic mass is 32.2. The van der Waals surface area contributed by atoms with E-state index in [-0.39, 0.29) is 4.90 Å². The third kappa shape index (κ3) is 4.40. The van der Waals surface area contributed by atoms with Crippen molar-refractivity contribution in [1.82, 2.24) is 9.21 Å². The largest absolute Gasteiger partial charge is 0.573 e. The molecule has 134 valence electrons. The van der Waals surface area contributed by atoms with Crippen LogP contribution < -0.4 is 4.74 Å². The number of halogens is 3. The highest BCUT2D eigenvalue weighted by molar-refractivity contribution is 7.89. The van der Waals surface area contributed by atoms with Gasteiger partial charge in [-0.1, -0.05) is 0 Å². The number of sulfonamides is 1. The number of rotatable bonds is 5. The van der Waals surface area contributed by atoms with Crippen LogP contribution in [0.25, 0.3) is 0 Å². The second-order valence-electron chi connectivity index (χ2n) is 6.17. The first-order valence-electron chi connectivity index (χ1n) is 7.82. The molecule has 0 spiro atoms. The average molecular weight is 364 g/mol. The summed E-state index contributed by atoms with van der Waals surface area (Å²) in [5.41, 5.74) is 0. The normalized spacial score (nSPS) is 21.0. The van der Waals surface area contributed by atoms with E-state index in [4.69, 9.17) is 0 Å². The third-order valence-electron chi connectivity index (χ3n) is 4.24. The number of hydrogen-bond donors (Lipinski definition) is 0. The molecule has 1 aromatic carbocycles. The molecule has 0 N–H and O–H groups in total. The molecule has 0 atom stereocenters. The van der Waals surface area contributed by atoms with Gasteiger partial charge in [-0.2, -0.15) is 4.31 Å². The molecule has 24 heavy (non-hydrogen) atoms. The molecule has 1 saturated heterocycles. The summed E-state index contributed by atoms with van der Waals surface area (Å²) in [5, 5.41) is 0. The lowest BCUT2D eigenvalue weighted by Gasteiger charge is -2.34. The van der Waals surface area contributed by atoms with Gasteiger partial charge < -0.3 is 9.64 Å². The highest BCUT2D eigenvalue weighted by Crippen LogP contribution is 2.30. The van der Waals surface area contributed by atoms with E-state index in [1.807, 2.05) is 0 Å². The van der Waals surface area contributed by atoms with E-state index in [0.29, 0.717) is 26.2 Å². The van der Waals surface area contributed by atoms with Crippen LogP contribution in [0.2, 0.25) is 0 Å². The molecule has 0 bridgehead atoms. The van der Waals surface area contributed by atoms with E-state index in [1.54, 1.807) is 0 Å². The number of benzene rings is 1. The molecule has 1 saturated carbocycles. The molecule has 1 aromatic rings. The van der Waals surface area contributed by atoms with Crippen LogP contribution >= 0.6 is 0 Å². The zero-order valence-electron chi connectivity index (χ0n) is 13.0. The average Bonchev–Trinajstić information content (AvgIpc) is 3.31. The van der Waals surface area contributed by atoms with Gasteiger partial charge in [-0.3, -0.25) is 0 Å². The summed E-state index contributed by atoms with van der Waals surface area (Å²) in [7, 11) is -3.69. The Morgan fingerprint density at radius 3 is 2.12 bits per heavy atom. The van der Waals surface area contributed by atoms with Crippen LogP contribution in [0.15, 0.2) is 29.2 Å². The lowest BCUT2D eigenvalue weighted by atomic mass is 10.3. The van der Waals surface area contributed by atoms with Crippen LogP contribution in [0.4, 0.5) is 13.2 Å². The molecule has 5 nitrogen and oxygen atoms in total. The monoisotopic (exact) mass is 364 g/mol. The second-order valence-corrected chi connectivity index (χ2v) is 8.11. The standard InChI is InChI=1S/C15H19F3N2O3S/c16-15(17,18)23-13-3-5-14(6-4-13)24(21,22)20-9-7-19(8-10-20)11-12-1-2-12/h3-6,12H,1-2,7-11H2. The van der Waals surface area contributed by atoms with Gasteiger partial charge in [-0.05, 0) is 43.0 Å². The summed E-state index contributed by atoms with van der Waals surface area (Å²) in [6, 6.07) is 4.33. The SMILES string of the molecule is O=S(=O)(c1ccc(OC(F)(F)F)cc1)N1CCN(CC2CC2)CC1. The van der Waals surface area contributed by atoms with Crippen molar-refractivity contribution < 1.29 is 26.3 Å². The fourth-order valence-electron chi connectivity index (χ4n) is 2.78. The van der Waals surface area contributed by atoms with Gasteiger partial charge in [-0.15, -0.1) is 13.2 Å². The Kier molecular flexibility index (Phi) is 4.76. The molecule has 0 aromatic heterocycles. The maximum Gasteiger partial charge on any atom is 0.573 e. The molecular weight excluding hydrogens is 345 g/mol. The Bertz CT molecular complexity index is 664. The van der Waals surface area contributed by atoms with Gasteiger partial charge in [0.1, 0.15) is 5.75 Å². The molecular formula is C15H19F3N2O3S. The van der Waals surface area contributed by atoms with Gasteiger partial charge in [0.05, 0.1) is 4.90 Å². The summed E-state index contributed by atoms with van der Waals surface area (Å²) in [6.07, 6.45) is -2.28. The molecule has 1 heterocycles. The molecule has 2 fully saturated rings. The van der Waals surface area contributed by atoms with Crippen LogP contribution in [0, 0.1) is 5.92 Å². The maximum atomic E-state index is 12.6. The van der Waals surface area contributed by atoms with Crippen molar-refractivity contribution in [3.05, 3.63) is 24.3 Å². The summed E-state index contributed by atoms with van der Waals surface area (Å²) in [6.45, 7) is 3.19. The van der Waals surface area contributed by atoms with Crippen LogP contribution in [0.5, 0.6) is 5.75 Å². The van der Waals surface area contributed by atoms with E-state index >= 15 is 0 Å². The van der Waals surface area contributed by atoms with Crippen molar-refractivity contribution >= 4 is 10.0 Å². The number of hydrogen-bond acceptors (Lipinski definition) is 4. The number of piperazine rings is 1. The van der Waals surface area contributed by atoms with Crippen molar-refractivity contribution in [3.8, 4) is 5.75 Å². The van der Waals surface area contributed by atoms with Crippen molar-refractivity contribution in [3.63, 3.8) is 0 Å². The predicted octanol–water partition coefficient (Wildman–Crippen LogP) is 2.30. The summed E-state index contributed by atoms with van der Waals surface area (Å²) in [5.74, 6) is 0.324. The first kappa shape index (κ1) is 17.5.